The van der Waals surface area contributed by atoms with Gasteiger partial charge in [0.1, 0.15) is 23.8 Å². The fraction of sp³-hybridized carbons (Fsp3) is 0.368. The molecule has 1 aliphatic heterocycles. The third-order valence-electron chi connectivity index (χ3n) is 4.71. The molecule has 0 amide bonds. The largest absolute Gasteiger partial charge is 0.367 e. The van der Waals surface area contributed by atoms with Gasteiger partial charge < -0.3 is 10.2 Å². The van der Waals surface area contributed by atoms with Crippen molar-refractivity contribution >= 4 is 38.5 Å². The van der Waals surface area contributed by atoms with Crippen LogP contribution in [-0.2, 0) is 0 Å². The predicted molar refractivity (Wildman–Crippen MR) is 108 cm³/mol. The van der Waals surface area contributed by atoms with Crippen molar-refractivity contribution < 1.29 is 0 Å². The van der Waals surface area contributed by atoms with Crippen LogP contribution in [0.25, 0.3) is 10.9 Å². The topological polar surface area (TPSA) is 66.8 Å². The first-order chi connectivity index (χ1) is 12.6. The molecule has 3 heterocycles. The number of halogens is 1. The number of nitrogens with one attached hydrogen (secondary N) is 1. The standard InChI is InChI=1S/C19H21BrN6/c1-12-9-18(24-13(2)23-12)26-7-5-15(6-8-26)25-19-16-10-14(20)3-4-17(16)21-11-22-19/h3-4,9-11,15H,5-8H2,1-2H3,(H,21,22,25). The zero-order valence-corrected chi connectivity index (χ0v) is 16.5. The van der Waals surface area contributed by atoms with Crippen molar-refractivity contribution in [3.8, 4) is 0 Å². The van der Waals surface area contributed by atoms with Gasteiger partial charge in [-0.05, 0) is 44.9 Å². The first-order valence-corrected chi connectivity index (χ1v) is 9.62. The summed E-state index contributed by atoms with van der Waals surface area (Å²) in [7, 11) is 0. The maximum Gasteiger partial charge on any atom is 0.137 e. The molecule has 3 aromatic rings. The zero-order valence-electron chi connectivity index (χ0n) is 14.9. The van der Waals surface area contributed by atoms with E-state index in [4.69, 9.17) is 0 Å². The Balaban J connectivity index is 1.47. The van der Waals surface area contributed by atoms with Gasteiger partial charge in [-0.15, -0.1) is 0 Å². The summed E-state index contributed by atoms with van der Waals surface area (Å²) in [6.07, 6.45) is 3.71. The van der Waals surface area contributed by atoms with Crippen LogP contribution in [0.15, 0.2) is 35.1 Å². The molecule has 0 bridgehead atoms. The van der Waals surface area contributed by atoms with Crippen molar-refractivity contribution in [3.63, 3.8) is 0 Å². The first-order valence-electron chi connectivity index (χ1n) is 8.82. The molecule has 4 rings (SSSR count). The van der Waals surface area contributed by atoms with Crippen LogP contribution in [0.4, 0.5) is 11.6 Å². The molecule has 7 heteroatoms. The molecule has 1 N–H and O–H groups in total. The Hall–Kier alpha value is -2.28. The lowest BCUT2D eigenvalue weighted by molar-refractivity contribution is 0.522. The molecule has 1 aliphatic rings. The fourth-order valence-corrected chi connectivity index (χ4v) is 3.81. The first kappa shape index (κ1) is 17.1. The molecule has 0 unspecified atom stereocenters. The van der Waals surface area contributed by atoms with Crippen LogP contribution >= 0.6 is 15.9 Å². The minimum atomic E-state index is 0.396. The third kappa shape index (κ3) is 3.62. The summed E-state index contributed by atoms with van der Waals surface area (Å²) >= 11 is 3.54. The number of hydrogen-bond acceptors (Lipinski definition) is 6. The summed E-state index contributed by atoms with van der Waals surface area (Å²) in [6, 6.07) is 8.54. The van der Waals surface area contributed by atoms with Crippen molar-refractivity contribution in [1.82, 2.24) is 19.9 Å². The number of anilines is 2. The average Bonchev–Trinajstić information content (AvgIpc) is 2.62. The quantitative estimate of drug-likeness (QED) is 0.703. The van der Waals surface area contributed by atoms with Gasteiger partial charge in [0.15, 0.2) is 0 Å². The van der Waals surface area contributed by atoms with E-state index in [-0.39, 0.29) is 0 Å². The Kier molecular flexibility index (Phi) is 4.72. The van der Waals surface area contributed by atoms with E-state index in [0.717, 1.165) is 64.5 Å². The lowest BCUT2D eigenvalue weighted by Crippen LogP contribution is -2.39. The van der Waals surface area contributed by atoms with E-state index in [1.54, 1.807) is 6.33 Å². The van der Waals surface area contributed by atoms with E-state index < -0.39 is 0 Å². The number of benzene rings is 1. The number of piperidine rings is 1. The Morgan fingerprint density at radius 3 is 2.65 bits per heavy atom. The lowest BCUT2D eigenvalue weighted by Gasteiger charge is -2.33. The monoisotopic (exact) mass is 412 g/mol. The van der Waals surface area contributed by atoms with Crippen LogP contribution in [0.5, 0.6) is 0 Å². The van der Waals surface area contributed by atoms with Crippen LogP contribution in [0.3, 0.4) is 0 Å². The van der Waals surface area contributed by atoms with E-state index in [9.17, 15) is 0 Å². The minimum Gasteiger partial charge on any atom is -0.367 e. The molecule has 0 radical (unpaired) electrons. The van der Waals surface area contributed by atoms with Gasteiger partial charge in [0.25, 0.3) is 0 Å². The fourth-order valence-electron chi connectivity index (χ4n) is 3.45. The van der Waals surface area contributed by atoms with Crippen LogP contribution < -0.4 is 10.2 Å². The normalized spacial score (nSPS) is 15.4. The van der Waals surface area contributed by atoms with Crippen LogP contribution in [0.1, 0.15) is 24.4 Å². The Morgan fingerprint density at radius 2 is 1.88 bits per heavy atom. The highest BCUT2D eigenvalue weighted by Gasteiger charge is 2.21. The van der Waals surface area contributed by atoms with Gasteiger partial charge in [-0.2, -0.15) is 0 Å². The molecule has 0 spiro atoms. The molecule has 134 valence electrons. The molecule has 1 fully saturated rings. The summed E-state index contributed by atoms with van der Waals surface area (Å²) < 4.78 is 1.03. The number of aryl methyl sites for hydroxylation is 2. The van der Waals surface area contributed by atoms with Gasteiger partial charge in [0.05, 0.1) is 5.52 Å². The van der Waals surface area contributed by atoms with Crippen LogP contribution in [0, 0.1) is 13.8 Å². The second-order valence-electron chi connectivity index (χ2n) is 6.70. The number of aromatic nitrogens is 4. The highest BCUT2D eigenvalue weighted by Crippen LogP contribution is 2.26. The molecule has 0 aliphatic carbocycles. The molecule has 6 nitrogen and oxygen atoms in total. The van der Waals surface area contributed by atoms with E-state index in [1.807, 2.05) is 26.0 Å². The van der Waals surface area contributed by atoms with Crippen LogP contribution in [-0.4, -0.2) is 39.1 Å². The molecule has 0 atom stereocenters. The minimum absolute atomic E-state index is 0.396. The van der Waals surface area contributed by atoms with E-state index in [1.165, 1.54) is 0 Å². The molecule has 2 aromatic heterocycles. The van der Waals surface area contributed by atoms with Gasteiger partial charge in [-0.1, -0.05) is 15.9 Å². The predicted octanol–water partition coefficient (Wildman–Crippen LogP) is 3.88. The molecule has 1 aromatic carbocycles. The van der Waals surface area contributed by atoms with E-state index >= 15 is 0 Å². The Morgan fingerprint density at radius 1 is 1.08 bits per heavy atom. The summed E-state index contributed by atoms with van der Waals surface area (Å²) in [5, 5.41) is 4.66. The van der Waals surface area contributed by atoms with Gasteiger partial charge in [0, 0.05) is 40.8 Å². The maximum atomic E-state index is 4.59. The van der Waals surface area contributed by atoms with Gasteiger partial charge in [-0.25, -0.2) is 19.9 Å². The van der Waals surface area contributed by atoms with E-state index in [0.29, 0.717) is 6.04 Å². The molecule has 26 heavy (non-hydrogen) atoms. The van der Waals surface area contributed by atoms with Crippen molar-refractivity contribution in [1.29, 1.82) is 0 Å². The summed E-state index contributed by atoms with van der Waals surface area (Å²) in [4.78, 5) is 20.1. The summed E-state index contributed by atoms with van der Waals surface area (Å²) in [5.41, 5.74) is 1.97. The molecular formula is C19H21BrN6. The number of hydrogen-bond donors (Lipinski definition) is 1. The third-order valence-corrected chi connectivity index (χ3v) is 5.20. The highest BCUT2D eigenvalue weighted by molar-refractivity contribution is 9.10. The zero-order chi connectivity index (χ0) is 18.1. The second-order valence-corrected chi connectivity index (χ2v) is 7.62. The maximum absolute atomic E-state index is 4.59. The number of nitrogens with zero attached hydrogens (tertiary/aromatic N) is 5. The van der Waals surface area contributed by atoms with Crippen molar-refractivity contribution in [2.75, 3.05) is 23.3 Å². The number of fused-ring (bicyclic) bond motifs is 1. The summed E-state index contributed by atoms with van der Waals surface area (Å²) in [5.74, 6) is 2.77. The Bertz CT molecular complexity index is 916. The van der Waals surface area contributed by atoms with Crippen molar-refractivity contribution in [2.45, 2.75) is 32.7 Å². The SMILES string of the molecule is Cc1cc(N2CCC(Nc3ncnc4ccc(Br)cc34)CC2)nc(C)n1. The van der Waals surface area contributed by atoms with Crippen molar-refractivity contribution in [2.24, 2.45) is 0 Å². The summed E-state index contributed by atoms with van der Waals surface area (Å²) in [6.45, 7) is 5.91. The second kappa shape index (κ2) is 7.15. The molecular weight excluding hydrogens is 392 g/mol. The van der Waals surface area contributed by atoms with Gasteiger partial charge in [0.2, 0.25) is 0 Å². The van der Waals surface area contributed by atoms with Crippen LogP contribution in [0.2, 0.25) is 0 Å². The van der Waals surface area contributed by atoms with Gasteiger partial charge >= 0.3 is 0 Å². The molecule has 1 saturated heterocycles. The lowest BCUT2D eigenvalue weighted by atomic mass is 10.0. The Labute approximate surface area is 161 Å². The van der Waals surface area contributed by atoms with Gasteiger partial charge in [-0.3, -0.25) is 0 Å². The average molecular weight is 413 g/mol. The number of rotatable bonds is 3. The molecule has 0 saturated carbocycles. The smallest absolute Gasteiger partial charge is 0.137 e. The highest BCUT2D eigenvalue weighted by atomic mass is 79.9. The van der Waals surface area contributed by atoms with Crippen molar-refractivity contribution in [3.05, 3.63) is 46.6 Å². The van der Waals surface area contributed by atoms with E-state index in [2.05, 4.69) is 58.2 Å².